The summed E-state index contributed by atoms with van der Waals surface area (Å²) in [5.41, 5.74) is 0.528. The van der Waals surface area contributed by atoms with Gasteiger partial charge in [0.2, 0.25) is 5.78 Å². The largest absolute Gasteiger partial charge is 0.496 e. The Bertz CT molecular complexity index is 565. The third kappa shape index (κ3) is 2.70. The predicted octanol–water partition coefficient (Wildman–Crippen LogP) is 4.40. The summed E-state index contributed by atoms with van der Waals surface area (Å²) in [6, 6.07) is 8.76. The third-order valence-electron chi connectivity index (χ3n) is 2.20. The second-order valence-electron chi connectivity index (χ2n) is 3.28. The maximum Gasteiger partial charge on any atom is 0.206 e. The van der Waals surface area contributed by atoms with Crippen LogP contribution >= 0.6 is 38.9 Å². The normalized spacial score (nSPS) is 10.3. The van der Waals surface area contributed by atoms with Crippen molar-refractivity contribution in [1.82, 2.24) is 0 Å². The van der Waals surface area contributed by atoms with Crippen molar-refractivity contribution in [3.8, 4) is 5.75 Å². The molecule has 0 aliphatic heterocycles. The molecule has 0 aliphatic rings. The molecule has 5 heteroatoms. The summed E-state index contributed by atoms with van der Waals surface area (Å²) in [6.07, 6.45) is 0. The fourth-order valence-electron chi connectivity index (χ4n) is 1.43. The molecule has 2 rings (SSSR count). The zero-order valence-electron chi connectivity index (χ0n) is 8.87. The average Bonchev–Trinajstić information content (AvgIpc) is 2.75. The molecule has 2 nitrogen and oxygen atoms in total. The lowest BCUT2D eigenvalue weighted by molar-refractivity contribution is 0.103. The van der Waals surface area contributed by atoms with Crippen molar-refractivity contribution >= 4 is 44.7 Å². The Labute approximate surface area is 116 Å². The molecule has 0 saturated heterocycles. The number of thiophene rings is 1. The molecule has 0 unspecified atom stereocenters. The van der Waals surface area contributed by atoms with Gasteiger partial charge >= 0.3 is 0 Å². The molecule has 2 aromatic rings. The van der Waals surface area contributed by atoms with E-state index in [1.54, 1.807) is 31.4 Å². The highest BCUT2D eigenvalue weighted by Crippen LogP contribution is 2.29. The quantitative estimate of drug-likeness (QED) is 0.779. The van der Waals surface area contributed by atoms with Gasteiger partial charge in [0.05, 0.1) is 21.9 Å². The van der Waals surface area contributed by atoms with Gasteiger partial charge in [0, 0.05) is 4.47 Å². The Kier molecular flexibility index (Phi) is 3.86. The maximum atomic E-state index is 12.2. The smallest absolute Gasteiger partial charge is 0.206 e. The number of ether oxygens (including phenoxy) is 1. The van der Waals surface area contributed by atoms with Crippen molar-refractivity contribution < 1.29 is 9.53 Å². The van der Waals surface area contributed by atoms with Crippen molar-refractivity contribution in [3.05, 3.63) is 49.6 Å². The molecule has 0 amide bonds. The molecule has 1 heterocycles. The van der Waals surface area contributed by atoms with Crippen molar-refractivity contribution in [2.24, 2.45) is 0 Å². The maximum absolute atomic E-state index is 12.2. The molecule has 1 aromatic carbocycles. The van der Waals surface area contributed by atoms with Gasteiger partial charge in [-0.15, -0.1) is 11.3 Å². The molecule has 0 spiro atoms. The minimum absolute atomic E-state index is 0.0833. The van der Waals surface area contributed by atoms with E-state index in [9.17, 15) is 4.79 Å². The first kappa shape index (κ1) is 12.6. The summed E-state index contributed by atoms with van der Waals surface area (Å²) >= 11 is 10.4. The minimum atomic E-state index is -0.0833. The molecule has 1 aromatic heterocycles. The van der Waals surface area contributed by atoms with Gasteiger partial charge in [-0.1, -0.05) is 27.5 Å². The number of carbonyl (C=O) groups is 1. The number of benzene rings is 1. The highest BCUT2D eigenvalue weighted by Gasteiger charge is 2.16. The van der Waals surface area contributed by atoms with Crippen LogP contribution in [0.25, 0.3) is 0 Å². The Hall–Kier alpha value is -0.840. The van der Waals surface area contributed by atoms with Crippen LogP contribution in [-0.4, -0.2) is 12.9 Å². The fraction of sp³-hybridized carbons (Fsp3) is 0.0833. The van der Waals surface area contributed by atoms with E-state index in [0.717, 1.165) is 4.47 Å². The van der Waals surface area contributed by atoms with Crippen LogP contribution in [0, 0.1) is 0 Å². The van der Waals surface area contributed by atoms with E-state index in [4.69, 9.17) is 16.3 Å². The van der Waals surface area contributed by atoms with E-state index in [1.807, 2.05) is 6.07 Å². The van der Waals surface area contributed by atoms with Crippen LogP contribution in [0.4, 0.5) is 0 Å². The van der Waals surface area contributed by atoms with Crippen LogP contribution in [0.15, 0.2) is 34.8 Å². The van der Waals surface area contributed by atoms with E-state index >= 15 is 0 Å². The van der Waals surface area contributed by atoms with Crippen LogP contribution in [0.5, 0.6) is 5.75 Å². The summed E-state index contributed by atoms with van der Waals surface area (Å²) in [4.78, 5) is 12.8. The number of ketones is 1. The zero-order chi connectivity index (χ0) is 12.4. The van der Waals surface area contributed by atoms with Crippen molar-refractivity contribution in [3.63, 3.8) is 0 Å². The van der Waals surface area contributed by atoms with Crippen LogP contribution < -0.4 is 4.74 Å². The number of hydrogen-bond donors (Lipinski definition) is 0. The summed E-state index contributed by atoms with van der Waals surface area (Å²) in [7, 11) is 1.54. The first-order valence-corrected chi connectivity index (χ1v) is 6.74. The van der Waals surface area contributed by atoms with Crippen LogP contribution in [0.3, 0.4) is 0 Å². The second kappa shape index (κ2) is 5.21. The summed E-state index contributed by atoms with van der Waals surface area (Å²) in [6.45, 7) is 0. The monoisotopic (exact) mass is 330 g/mol. The third-order valence-corrected chi connectivity index (χ3v) is 3.93. The minimum Gasteiger partial charge on any atom is -0.496 e. The molecule has 17 heavy (non-hydrogen) atoms. The van der Waals surface area contributed by atoms with Gasteiger partial charge < -0.3 is 4.74 Å². The molecule has 0 N–H and O–H groups in total. The highest BCUT2D eigenvalue weighted by molar-refractivity contribution is 9.10. The standard InChI is InChI=1S/C12H8BrClO2S/c1-16-9-3-2-7(13)6-8(9)12(15)10-4-5-11(14)17-10/h2-6H,1H3. The molecule has 0 aliphatic carbocycles. The SMILES string of the molecule is COc1ccc(Br)cc1C(=O)c1ccc(Cl)s1. The van der Waals surface area contributed by atoms with E-state index in [0.29, 0.717) is 20.5 Å². The van der Waals surface area contributed by atoms with Crippen molar-refractivity contribution in [1.29, 1.82) is 0 Å². The van der Waals surface area contributed by atoms with Crippen LogP contribution in [-0.2, 0) is 0 Å². The number of rotatable bonds is 3. The molecule has 0 radical (unpaired) electrons. The van der Waals surface area contributed by atoms with Gasteiger partial charge in [-0.25, -0.2) is 0 Å². The number of halogens is 2. The van der Waals surface area contributed by atoms with Crippen LogP contribution in [0.2, 0.25) is 4.34 Å². The molecule has 0 saturated carbocycles. The first-order chi connectivity index (χ1) is 8.11. The molecular weight excluding hydrogens is 324 g/mol. The Morgan fingerprint density at radius 2 is 2.12 bits per heavy atom. The van der Waals surface area contributed by atoms with E-state index in [2.05, 4.69) is 15.9 Å². The highest BCUT2D eigenvalue weighted by atomic mass is 79.9. The van der Waals surface area contributed by atoms with E-state index < -0.39 is 0 Å². The summed E-state index contributed by atoms with van der Waals surface area (Å²) < 4.78 is 6.62. The summed E-state index contributed by atoms with van der Waals surface area (Å²) in [5.74, 6) is 0.475. The second-order valence-corrected chi connectivity index (χ2v) is 5.91. The number of hydrogen-bond acceptors (Lipinski definition) is 3. The fourth-order valence-corrected chi connectivity index (χ4v) is 2.79. The number of carbonyl (C=O) groups excluding carboxylic acids is 1. The first-order valence-electron chi connectivity index (χ1n) is 4.75. The Morgan fingerprint density at radius 1 is 1.35 bits per heavy atom. The molecule has 0 fully saturated rings. The van der Waals surface area contributed by atoms with Gasteiger partial charge in [0.1, 0.15) is 5.75 Å². The van der Waals surface area contributed by atoms with Crippen LogP contribution in [0.1, 0.15) is 15.2 Å². The van der Waals surface area contributed by atoms with E-state index in [-0.39, 0.29) is 5.78 Å². The van der Waals surface area contributed by atoms with Gasteiger partial charge in [0.25, 0.3) is 0 Å². The van der Waals surface area contributed by atoms with Gasteiger partial charge in [-0.05, 0) is 30.3 Å². The molecule has 0 bridgehead atoms. The van der Waals surface area contributed by atoms with Gasteiger partial charge in [-0.3, -0.25) is 4.79 Å². The van der Waals surface area contributed by atoms with Gasteiger partial charge in [-0.2, -0.15) is 0 Å². The molecule has 0 atom stereocenters. The zero-order valence-corrected chi connectivity index (χ0v) is 12.0. The lowest BCUT2D eigenvalue weighted by Gasteiger charge is -2.06. The average molecular weight is 332 g/mol. The molecule has 88 valence electrons. The number of methoxy groups -OCH3 is 1. The predicted molar refractivity (Wildman–Crippen MR) is 73.5 cm³/mol. The Morgan fingerprint density at radius 3 is 2.71 bits per heavy atom. The van der Waals surface area contributed by atoms with Crippen molar-refractivity contribution in [2.75, 3.05) is 7.11 Å². The van der Waals surface area contributed by atoms with E-state index in [1.165, 1.54) is 11.3 Å². The lowest BCUT2D eigenvalue weighted by Crippen LogP contribution is -2.01. The summed E-state index contributed by atoms with van der Waals surface area (Å²) in [5, 5.41) is 0. The lowest BCUT2D eigenvalue weighted by atomic mass is 10.1. The topological polar surface area (TPSA) is 26.3 Å². The Balaban J connectivity index is 2.46. The van der Waals surface area contributed by atoms with Gasteiger partial charge in [0.15, 0.2) is 0 Å². The molecular formula is C12H8BrClO2S. The van der Waals surface area contributed by atoms with Crippen molar-refractivity contribution in [2.45, 2.75) is 0 Å².